The normalized spacial score (nSPS) is 21.8. The summed E-state index contributed by atoms with van der Waals surface area (Å²) in [6.07, 6.45) is 2.96. The Bertz CT molecular complexity index is 471. The van der Waals surface area contributed by atoms with Crippen LogP contribution >= 0.6 is 0 Å². The van der Waals surface area contributed by atoms with Gasteiger partial charge in [0.25, 0.3) is 0 Å². The molecule has 1 aliphatic rings. The van der Waals surface area contributed by atoms with E-state index in [1.54, 1.807) is 0 Å². The fourth-order valence-electron chi connectivity index (χ4n) is 2.63. The lowest BCUT2D eigenvalue weighted by atomic mass is 9.81. The van der Waals surface area contributed by atoms with Gasteiger partial charge < -0.3 is 10.4 Å². The van der Waals surface area contributed by atoms with Crippen molar-refractivity contribution < 1.29 is 14.3 Å². The van der Waals surface area contributed by atoms with E-state index in [9.17, 15) is 9.18 Å². The van der Waals surface area contributed by atoms with E-state index in [1.807, 2.05) is 0 Å². The number of carbonyl (C=O) groups excluding carboxylic acids is 1. The summed E-state index contributed by atoms with van der Waals surface area (Å²) in [4.78, 5) is 12.1. The number of phenolic OH excluding ortho intramolecular Hbond substituents is 1. The van der Waals surface area contributed by atoms with Gasteiger partial charge in [-0.25, -0.2) is 4.39 Å². The molecule has 1 atom stereocenters. The van der Waals surface area contributed by atoms with E-state index in [2.05, 4.69) is 19.2 Å². The molecule has 1 aliphatic carbocycles. The van der Waals surface area contributed by atoms with E-state index < -0.39 is 11.6 Å². The molecule has 1 saturated carbocycles. The fraction of sp³-hybridized carbons (Fsp3) is 0.500. The summed E-state index contributed by atoms with van der Waals surface area (Å²) in [5.41, 5.74) is 0.387. The highest BCUT2D eigenvalue weighted by molar-refractivity contribution is 5.93. The van der Waals surface area contributed by atoms with Gasteiger partial charge >= 0.3 is 0 Å². The van der Waals surface area contributed by atoms with Gasteiger partial charge in [-0.05, 0) is 30.4 Å². The van der Waals surface area contributed by atoms with Crippen LogP contribution in [0.4, 0.5) is 10.1 Å². The van der Waals surface area contributed by atoms with Crippen LogP contribution < -0.4 is 5.32 Å². The number of hydrogen-bond acceptors (Lipinski definition) is 2. The third-order valence-electron chi connectivity index (χ3n) is 3.79. The minimum atomic E-state index is -0.724. The highest BCUT2D eigenvalue weighted by atomic mass is 19.1. The molecule has 2 N–H and O–H groups in total. The number of nitrogens with one attached hydrogen (secondary N) is 1. The first-order chi connectivity index (χ1) is 8.40. The maximum atomic E-state index is 13.2. The number of carbonyl (C=O) groups is 1. The van der Waals surface area contributed by atoms with Crippen LogP contribution in [0.1, 0.15) is 33.1 Å². The first-order valence-electron chi connectivity index (χ1n) is 6.19. The molecular formula is C14H18FNO2. The third-order valence-corrected chi connectivity index (χ3v) is 3.79. The van der Waals surface area contributed by atoms with Crippen LogP contribution in [-0.4, -0.2) is 11.0 Å². The Morgan fingerprint density at radius 1 is 1.50 bits per heavy atom. The quantitative estimate of drug-likeness (QED) is 0.792. The third kappa shape index (κ3) is 2.47. The Labute approximate surface area is 106 Å². The van der Waals surface area contributed by atoms with Gasteiger partial charge in [-0.2, -0.15) is 0 Å². The van der Waals surface area contributed by atoms with E-state index in [-0.39, 0.29) is 17.2 Å². The number of anilines is 1. The minimum Gasteiger partial charge on any atom is -0.505 e. The Kier molecular flexibility index (Phi) is 3.28. The van der Waals surface area contributed by atoms with E-state index in [1.165, 1.54) is 12.1 Å². The maximum absolute atomic E-state index is 13.2. The molecule has 18 heavy (non-hydrogen) atoms. The molecular weight excluding hydrogens is 233 g/mol. The van der Waals surface area contributed by atoms with E-state index in [0.717, 1.165) is 25.3 Å². The molecule has 1 fully saturated rings. The van der Waals surface area contributed by atoms with Crippen molar-refractivity contribution in [3.63, 3.8) is 0 Å². The van der Waals surface area contributed by atoms with Gasteiger partial charge in [-0.1, -0.05) is 20.3 Å². The van der Waals surface area contributed by atoms with Crippen molar-refractivity contribution in [1.29, 1.82) is 0 Å². The summed E-state index contributed by atoms with van der Waals surface area (Å²) in [6, 6.07) is 3.87. The van der Waals surface area contributed by atoms with Crippen LogP contribution in [0.15, 0.2) is 18.2 Å². The number of aromatic hydroxyl groups is 1. The lowest BCUT2D eigenvalue weighted by molar-refractivity contribution is -0.122. The smallest absolute Gasteiger partial charge is 0.228 e. The second-order valence-electron chi connectivity index (χ2n) is 5.59. The number of phenols is 1. The Balaban J connectivity index is 2.09. The number of benzene rings is 1. The van der Waals surface area contributed by atoms with Gasteiger partial charge in [0, 0.05) is 17.7 Å². The molecule has 0 radical (unpaired) electrons. The van der Waals surface area contributed by atoms with E-state index in [4.69, 9.17) is 5.11 Å². The largest absolute Gasteiger partial charge is 0.505 e. The molecule has 0 bridgehead atoms. The van der Waals surface area contributed by atoms with Gasteiger partial charge in [0.15, 0.2) is 11.6 Å². The molecule has 0 spiro atoms. The van der Waals surface area contributed by atoms with Crippen molar-refractivity contribution in [2.45, 2.75) is 33.1 Å². The zero-order valence-electron chi connectivity index (χ0n) is 10.7. The Hall–Kier alpha value is -1.58. The SMILES string of the molecule is CC1(C)CCCC1C(=O)Nc1ccc(O)c(F)c1. The maximum Gasteiger partial charge on any atom is 0.228 e. The van der Waals surface area contributed by atoms with Gasteiger partial charge in [-0.15, -0.1) is 0 Å². The highest BCUT2D eigenvalue weighted by Gasteiger charge is 2.39. The van der Waals surface area contributed by atoms with Crippen molar-refractivity contribution in [1.82, 2.24) is 0 Å². The average Bonchev–Trinajstić information content (AvgIpc) is 2.63. The van der Waals surface area contributed by atoms with Crippen LogP contribution in [0.2, 0.25) is 0 Å². The summed E-state index contributed by atoms with van der Waals surface area (Å²) >= 11 is 0. The summed E-state index contributed by atoms with van der Waals surface area (Å²) in [6.45, 7) is 4.17. The van der Waals surface area contributed by atoms with Crippen molar-refractivity contribution in [3.05, 3.63) is 24.0 Å². The minimum absolute atomic E-state index is 0.000449. The fourth-order valence-corrected chi connectivity index (χ4v) is 2.63. The number of halogens is 1. The van der Waals surface area contributed by atoms with Crippen molar-refractivity contribution >= 4 is 11.6 Å². The Morgan fingerprint density at radius 2 is 2.22 bits per heavy atom. The topological polar surface area (TPSA) is 49.3 Å². The average molecular weight is 251 g/mol. The van der Waals surface area contributed by atoms with Crippen LogP contribution in [0.25, 0.3) is 0 Å². The van der Waals surface area contributed by atoms with Crippen LogP contribution in [0, 0.1) is 17.2 Å². The monoisotopic (exact) mass is 251 g/mol. The summed E-state index contributed by atoms with van der Waals surface area (Å²) in [7, 11) is 0. The predicted octanol–water partition coefficient (Wildman–Crippen LogP) is 3.30. The summed E-state index contributed by atoms with van der Waals surface area (Å²) in [5, 5.41) is 11.8. The van der Waals surface area contributed by atoms with Gasteiger partial charge in [0.05, 0.1) is 0 Å². The van der Waals surface area contributed by atoms with Gasteiger partial charge in [0.2, 0.25) is 5.91 Å². The lowest BCUT2D eigenvalue weighted by Crippen LogP contribution is -2.30. The molecule has 1 unspecified atom stereocenters. The first-order valence-corrected chi connectivity index (χ1v) is 6.19. The van der Waals surface area contributed by atoms with E-state index >= 15 is 0 Å². The lowest BCUT2D eigenvalue weighted by Gasteiger charge is -2.25. The molecule has 3 nitrogen and oxygen atoms in total. The second kappa shape index (κ2) is 4.59. The molecule has 0 saturated heterocycles. The molecule has 0 heterocycles. The van der Waals surface area contributed by atoms with Crippen molar-refractivity contribution in [2.75, 3.05) is 5.32 Å². The molecule has 98 valence electrons. The van der Waals surface area contributed by atoms with Gasteiger partial charge in [0.1, 0.15) is 0 Å². The summed E-state index contributed by atoms with van der Waals surface area (Å²) in [5.74, 6) is -1.23. The summed E-state index contributed by atoms with van der Waals surface area (Å²) < 4.78 is 13.2. The van der Waals surface area contributed by atoms with Crippen LogP contribution in [0.3, 0.4) is 0 Å². The second-order valence-corrected chi connectivity index (χ2v) is 5.59. The Morgan fingerprint density at radius 3 is 2.78 bits per heavy atom. The van der Waals surface area contributed by atoms with Crippen molar-refractivity contribution in [2.24, 2.45) is 11.3 Å². The number of rotatable bonds is 2. The molecule has 1 aromatic carbocycles. The standard InChI is InChI=1S/C14H18FNO2/c1-14(2)7-3-4-10(14)13(18)16-9-5-6-12(17)11(15)8-9/h5-6,8,10,17H,3-4,7H2,1-2H3,(H,16,18). The number of hydrogen-bond donors (Lipinski definition) is 2. The highest BCUT2D eigenvalue weighted by Crippen LogP contribution is 2.43. The molecule has 1 amide bonds. The zero-order valence-corrected chi connectivity index (χ0v) is 10.7. The predicted molar refractivity (Wildman–Crippen MR) is 67.8 cm³/mol. The van der Waals surface area contributed by atoms with Crippen molar-refractivity contribution in [3.8, 4) is 5.75 Å². The zero-order chi connectivity index (χ0) is 13.3. The molecule has 2 rings (SSSR count). The van der Waals surface area contributed by atoms with Crippen LogP contribution in [-0.2, 0) is 4.79 Å². The molecule has 4 heteroatoms. The van der Waals surface area contributed by atoms with Crippen LogP contribution in [0.5, 0.6) is 5.75 Å². The van der Waals surface area contributed by atoms with E-state index in [0.29, 0.717) is 5.69 Å². The molecule has 1 aromatic rings. The first kappa shape index (κ1) is 12.9. The molecule has 0 aromatic heterocycles. The molecule has 0 aliphatic heterocycles. The number of amides is 1. The van der Waals surface area contributed by atoms with Gasteiger partial charge in [-0.3, -0.25) is 4.79 Å².